The van der Waals surface area contributed by atoms with Gasteiger partial charge < -0.3 is 9.88 Å². The quantitative estimate of drug-likeness (QED) is 0.785. The number of aromatic nitrogens is 2. The van der Waals surface area contributed by atoms with E-state index in [1.165, 1.54) is 27.7 Å². The standard InChI is InChI=1S/C17H19N3/c1-13-15-7-3-4-8-16(15)20(2)17(13)12-19-11-14-6-5-9-18-10-14/h3-10,19H,11-12H2,1-2H3. The third-order valence-corrected chi connectivity index (χ3v) is 3.85. The maximum absolute atomic E-state index is 4.13. The van der Waals surface area contributed by atoms with Crippen molar-refractivity contribution in [3.05, 3.63) is 65.6 Å². The Hall–Kier alpha value is -2.13. The molecule has 102 valence electrons. The summed E-state index contributed by atoms with van der Waals surface area (Å²) in [6.45, 7) is 3.91. The Bertz CT molecular complexity index is 675. The van der Waals surface area contributed by atoms with Gasteiger partial charge in [-0.25, -0.2) is 0 Å². The molecule has 2 aromatic heterocycles. The largest absolute Gasteiger partial charge is 0.346 e. The van der Waals surface area contributed by atoms with Gasteiger partial charge in [-0.3, -0.25) is 4.98 Å². The van der Waals surface area contributed by atoms with Gasteiger partial charge >= 0.3 is 0 Å². The zero-order chi connectivity index (χ0) is 13.9. The van der Waals surface area contributed by atoms with Gasteiger partial charge in [-0.2, -0.15) is 0 Å². The van der Waals surface area contributed by atoms with Gasteiger partial charge in [0.05, 0.1) is 0 Å². The fourth-order valence-electron chi connectivity index (χ4n) is 2.71. The van der Waals surface area contributed by atoms with E-state index in [0.717, 1.165) is 13.1 Å². The normalized spacial score (nSPS) is 11.1. The van der Waals surface area contributed by atoms with Crippen LogP contribution in [0.5, 0.6) is 0 Å². The number of hydrogen-bond donors (Lipinski definition) is 1. The molecule has 0 spiro atoms. The summed E-state index contributed by atoms with van der Waals surface area (Å²) in [7, 11) is 2.14. The third-order valence-electron chi connectivity index (χ3n) is 3.85. The molecule has 3 aromatic rings. The number of fused-ring (bicyclic) bond motifs is 1. The van der Waals surface area contributed by atoms with Crippen molar-refractivity contribution < 1.29 is 0 Å². The van der Waals surface area contributed by atoms with E-state index in [1.807, 2.05) is 12.3 Å². The summed E-state index contributed by atoms with van der Waals surface area (Å²) in [4.78, 5) is 4.13. The molecule has 0 unspecified atom stereocenters. The molecule has 0 aliphatic rings. The average Bonchev–Trinajstić information content (AvgIpc) is 2.74. The number of hydrogen-bond acceptors (Lipinski definition) is 2. The van der Waals surface area contributed by atoms with Crippen LogP contribution < -0.4 is 5.32 Å². The maximum Gasteiger partial charge on any atom is 0.0483 e. The van der Waals surface area contributed by atoms with Crippen LogP contribution >= 0.6 is 0 Å². The Labute approximate surface area is 119 Å². The number of para-hydroxylation sites is 1. The number of aryl methyl sites for hydroxylation is 2. The minimum absolute atomic E-state index is 0.842. The molecule has 0 saturated carbocycles. The van der Waals surface area contributed by atoms with Gasteiger partial charge in [0.25, 0.3) is 0 Å². The van der Waals surface area contributed by atoms with Gasteiger partial charge in [-0.05, 0) is 30.2 Å². The second-order valence-electron chi connectivity index (χ2n) is 5.11. The van der Waals surface area contributed by atoms with Crippen LogP contribution in [0.15, 0.2) is 48.8 Å². The molecule has 3 nitrogen and oxygen atoms in total. The van der Waals surface area contributed by atoms with E-state index in [4.69, 9.17) is 0 Å². The van der Waals surface area contributed by atoms with E-state index in [1.54, 1.807) is 6.20 Å². The molecule has 0 radical (unpaired) electrons. The predicted octanol–water partition coefficient (Wildman–Crippen LogP) is 3.17. The smallest absolute Gasteiger partial charge is 0.0483 e. The SMILES string of the molecule is Cc1c(CNCc2cccnc2)n(C)c2ccccc12. The van der Waals surface area contributed by atoms with E-state index in [0.29, 0.717) is 0 Å². The lowest BCUT2D eigenvalue weighted by molar-refractivity contribution is 0.655. The summed E-state index contributed by atoms with van der Waals surface area (Å²) in [5.74, 6) is 0. The van der Waals surface area contributed by atoms with Gasteiger partial charge in [-0.1, -0.05) is 24.3 Å². The minimum atomic E-state index is 0.842. The molecular weight excluding hydrogens is 246 g/mol. The van der Waals surface area contributed by atoms with E-state index in [2.05, 4.69) is 59.2 Å². The summed E-state index contributed by atoms with van der Waals surface area (Å²) >= 11 is 0. The summed E-state index contributed by atoms with van der Waals surface area (Å²) in [6.07, 6.45) is 3.71. The highest BCUT2D eigenvalue weighted by molar-refractivity contribution is 5.85. The molecule has 0 atom stereocenters. The molecule has 3 rings (SSSR count). The van der Waals surface area contributed by atoms with Crippen LogP contribution in [-0.2, 0) is 20.1 Å². The molecule has 0 aliphatic carbocycles. The van der Waals surface area contributed by atoms with Crippen LogP contribution in [0.2, 0.25) is 0 Å². The molecule has 3 heteroatoms. The zero-order valence-corrected chi connectivity index (χ0v) is 11.9. The molecule has 1 N–H and O–H groups in total. The first-order valence-electron chi connectivity index (χ1n) is 6.90. The third kappa shape index (κ3) is 2.32. The van der Waals surface area contributed by atoms with E-state index < -0.39 is 0 Å². The van der Waals surface area contributed by atoms with Crippen molar-refractivity contribution in [2.24, 2.45) is 7.05 Å². The van der Waals surface area contributed by atoms with Gasteiger partial charge in [-0.15, -0.1) is 0 Å². The van der Waals surface area contributed by atoms with E-state index >= 15 is 0 Å². The van der Waals surface area contributed by atoms with Gasteiger partial charge in [0, 0.05) is 49.1 Å². The second kappa shape index (κ2) is 5.47. The van der Waals surface area contributed by atoms with Crippen molar-refractivity contribution in [1.82, 2.24) is 14.9 Å². The zero-order valence-electron chi connectivity index (χ0n) is 11.9. The topological polar surface area (TPSA) is 29.9 Å². The summed E-state index contributed by atoms with van der Waals surface area (Å²) in [5, 5.41) is 4.84. The molecular formula is C17H19N3. The first-order valence-corrected chi connectivity index (χ1v) is 6.90. The molecule has 20 heavy (non-hydrogen) atoms. The monoisotopic (exact) mass is 265 g/mol. The Kier molecular flexibility index (Phi) is 3.52. The van der Waals surface area contributed by atoms with Crippen molar-refractivity contribution in [3.8, 4) is 0 Å². The molecule has 0 saturated heterocycles. The number of benzene rings is 1. The number of nitrogens with one attached hydrogen (secondary N) is 1. The number of rotatable bonds is 4. The van der Waals surface area contributed by atoms with Gasteiger partial charge in [0.1, 0.15) is 0 Å². The maximum atomic E-state index is 4.13. The van der Waals surface area contributed by atoms with Crippen molar-refractivity contribution >= 4 is 10.9 Å². The molecule has 0 bridgehead atoms. The Balaban J connectivity index is 1.78. The lowest BCUT2D eigenvalue weighted by Gasteiger charge is -2.08. The molecule has 2 heterocycles. The first kappa shape index (κ1) is 12.9. The van der Waals surface area contributed by atoms with Gasteiger partial charge in [0.2, 0.25) is 0 Å². The van der Waals surface area contributed by atoms with Crippen molar-refractivity contribution in [3.63, 3.8) is 0 Å². The Morgan fingerprint density at radius 2 is 1.95 bits per heavy atom. The lowest BCUT2D eigenvalue weighted by atomic mass is 10.1. The van der Waals surface area contributed by atoms with Crippen molar-refractivity contribution in [1.29, 1.82) is 0 Å². The van der Waals surface area contributed by atoms with Crippen LogP contribution in [-0.4, -0.2) is 9.55 Å². The average molecular weight is 265 g/mol. The highest BCUT2D eigenvalue weighted by atomic mass is 15.0. The van der Waals surface area contributed by atoms with Crippen LogP contribution in [0.4, 0.5) is 0 Å². The summed E-state index contributed by atoms with van der Waals surface area (Å²) in [5.41, 5.74) is 5.21. The van der Waals surface area contributed by atoms with Crippen molar-refractivity contribution in [2.45, 2.75) is 20.0 Å². The summed E-state index contributed by atoms with van der Waals surface area (Å²) in [6, 6.07) is 12.6. The number of pyridine rings is 1. The van der Waals surface area contributed by atoms with Crippen LogP contribution in [0.1, 0.15) is 16.8 Å². The van der Waals surface area contributed by atoms with Crippen molar-refractivity contribution in [2.75, 3.05) is 0 Å². The molecule has 0 amide bonds. The Morgan fingerprint density at radius 3 is 2.70 bits per heavy atom. The van der Waals surface area contributed by atoms with E-state index in [9.17, 15) is 0 Å². The molecule has 0 aliphatic heterocycles. The van der Waals surface area contributed by atoms with Gasteiger partial charge in [0.15, 0.2) is 0 Å². The number of nitrogens with zero attached hydrogens (tertiary/aromatic N) is 2. The summed E-state index contributed by atoms with van der Waals surface area (Å²) < 4.78 is 2.28. The second-order valence-corrected chi connectivity index (χ2v) is 5.11. The van der Waals surface area contributed by atoms with Crippen LogP contribution in [0.25, 0.3) is 10.9 Å². The minimum Gasteiger partial charge on any atom is -0.346 e. The fourth-order valence-corrected chi connectivity index (χ4v) is 2.71. The predicted molar refractivity (Wildman–Crippen MR) is 82.4 cm³/mol. The van der Waals surface area contributed by atoms with E-state index in [-0.39, 0.29) is 0 Å². The molecule has 1 aromatic carbocycles. The lowest BCUT2D eigenvalue weighted by Crippen LogP contribution is -2.15. The Morgan fingerprint density at radius 1 is 1.10 bits per heavy atom. The highest BCUT2D eigenvalue weighted by Gasteiger charge is 2.10. The van der Waals surface area contributed by atoms with Crippen LogP contribution in [0, 0.1) is 6.92 Å². The van der Waals surface area contributed by atoms with Crippen LogP contribution in [0.3, 0.4) is 0 Å². The highest BCUT2D eigenvalue weighted by Crippen LogP contribution is 2.24. The first-order chi connectivity index (χ1) is 9.77. The molecule has 0 fully saturated rings. The fraction of sp³-hybridized carbons (Fsp3) is 0.235.